The SMILES string of the molecule is CCCN(CCCl)C(=O)c1sccc1C. The Bertz CT molecular complexity index is 318. The summed E-state index contributed by atoms with van der Waals surface area (Å²) in [4.78, 5) is 14.8. The van der Waals surface area contributed by atoms with Crippen LogP contribution in [0.2, 0.25) is 0 Å². The van der Waals surface area contributed by atoms with Crippen molar-refractivity contribution in [1.29, 1.82) is 0 Å². The fraction of sp³-hybridized carbons (Fsp3) is 0.545. The molecule has 1 rings (SSSR count). The van der Waals surface area contributed by atoms with Gasteiger partial charge in [0.1, 0.15) is 0 Å². The number of alkyl halides is 1. The lowest BCUT2D eigenvalue weighted by Crippen LogP contribution is -2.33. The summed E-state index contributed by atoms with van der Waals surface area (Å²) in [6.07, 6.45) is 0.965. The molecule has 0 bridgehead atoms. The zero-order valence-corrected chi connectivity index (χ0v) is 10.7. The first-order valence-electron chi connectivity index (χ1n) is 5.10. The molecule has 84 valence electrons. The Hall–Kier alpha value is -0.540. The van der Waals surface area contributed by atoms with E-state index in [2.05, 4.69) is 6.92 Å². The molecule has 2 nitrogen and oxygen atoms in total. The minimum absolute atomic E-state index is 0.116. The molecule has 0 N–H and O–H groups in total. The zero-order chi connectivity index (χ0) is 11.3. The summed E-state index contributed by atoms with van der Waals surface area (Å²) < 4.78 is 0. The first kappa shape index (κ1) is 12.5. The Morgan fingerprint density at radius 1 is 1.53 bits per heavy atom. The van der Waals surface area contributed by atoms with Crippen molar-refractivity contribution in [2.75, 3.05) is 19.0 Å². The molecule has 1 amide bonds. The normalized spacial score (nSPS) is 10.3. The number of halogens is 1. The van der Waals surface area contributed by atoms with Crippen molar-refractivity contribution in [2.45, 2.75) is 20.3 Å². The highest BCUT2D eigenvalue weighted by Crippen LogP contribution is 2.18. The lowest BCUT2D eigenvalue weighted by molar-refractivity contribution is 0.0770. The van der Waals surface area contributed by atoms with Gasteiger partial charge in [0.05, 0.1) is 4.88 Å². The number of hydrogen-bond donors (Lipinski definition) is 0. The average molecular weight is 246 g/mol. The topological polar surface area (TPSA) is 20.3 Å². The van der Waals surface area contributed by atoms with Gasteiger partial charge in [-0.25, -0.2) is 0 Å². The van der Waals surface area contributed by atoms with E-state index >= 15 is 0 Å². The van der Waals surface area contributed by atoms with Crippen molar-refractivity contribution in [2.24, 2.45) is 0 Å². The highest BCUT2D eigenvalue weighted by molar-refractivity contribution is 7.12. The summed E-state index contributed by atoms with van der Waals surface area (Å²) in [5, 5.41) is 1.95. The van der Waals surface area contributed by atoms with Crippen molar-refractivity contribution < 1.29 is 4.79 Å². The number of aryl methyl sites for hydroxylation is 1. The number of thiophene rings is 1. The summed E-state index contributed by atoms with van der Waals surface area (Å²) in [7, 11) is 0. The van der Waals surface area contributed by atoms with Crippen LogP contribution in [0.4, 0.5) is 0 Å². The van der Waals surface area contributed by atoms with Crippen LogP contribution in [0.25, 0.3) is 0 Å². The van der Waals surface area contributed by atoms with E-state index in [1.165, 1.54) is 11.3 Å². The van der Waals surface area contributed by atoms with Crippen LogP contribution in [0, 0.1) is 6.92 Å². The maximum atomic E-state index is 12.1. The van der Waals surface area contributed by atoms with Crippen LogP contribution in [0.15, 0.2) is 11.4 Å². The van der Waals surface area contributed by atoms with Gasteiger partial charge in [-0.3, -0.25) is 4.79 Å². The number of hydrogen-bond acceptors (Lipinski definition) is 2. The first-order valence-corrected chi connectivity index (χ1v) is 6.51. The molecule has 0 spiro atoms. The molecule has 0 radical (unpaired) electrons. The Morgan fingerprint density at radius 3 is 2.73 bits per heavy atom. The third kappa shape index (κ3) is 3.21. The predicted molar refractivity (Wildman–Crippen MR) is 66.0 cm³/mol. The second-order valence-corrected chi connectivity index (χ2v) is 4.71. The smallest absolute Gasteiger partial charge is 0.264 e. The molecule has 1 aromatic heterocycles. The number of nitrogens with zero attached hydrogens (tertiary/aromatic N) is 1. The van der Waals surface area contributed by atoms with Gasteiger partial charge in [0, 0.05) is 19.0 Å². The van der Waals surface area contributed by atoms with E-state index in [0.29, 0.717) is 12.4 Å². The van der Waals surface area contributed by atoms with Crippen LogP contribution >= 0.6 is 22.9 Å². The molecule has 0 saturated heterocycles. The van der Waals surface area contributed by atoms with E-state index in [9.17, 15) is 4.79 Å². The Balaban J connectivity index is 2.76. The van der Waals surface area contributed by atoms with E-state index in [1.54, 1.807) is 0 Å². The minimum Gasteiger partial charge on any atom is -0.337 e. The number of amides is 1. The highest BCUT2D eigenvalue weighted by atomic mass is 35.5. The predicted octanol–water partition coefficient (Wildman–Crippen LogP) is 3.15. The van der Waals surface area contributed by atoms with Crippen molar-refractivity contribution in [3.63, 3.8) is 0 Å². The summed E-state index contributed by atoms with van der Waals surface area (Å²) in [6, 6.07) is 1.97. The molecule has 1 heterocycles. The minimum atomic E-state index is 0.116. The molecule has 0 fully saturated rings. The molecule has 15 heavy (non-hydrogen) atoms. The molecular formula is C11H16ClNOS. The third-order valence-corrected chi connectivity index (χ3v) is 3.36. The van der Waals surface area contributed by atoms with Gasteiger partial charge in [-0.2, -0.15) is 0 Å². The van der Waals surface area contributed by atoms with Gasteiger partial charge in [0.2, 0.25) is 0 Å². The highest BCUT2D eigenvalue weighted by Gasteiger charge is 2.17. The molecule has 0 aliphatic heterocycles. The molecular weight excluding hydrogens is 230 g/mol. The largest absolute Gasteiger partial charge is 0.337 e. The monoisotopic (exact) mass is 245 g/mol. The average Bonchev–Trinajstić information content (AvgIpc) is 2.63. The quantitative estimate of drug-likeness (QED) is 0.730. The zero-order valence-electron chi connectivity index (χ0n) is 9.12. The number of rotatable bonds is 5. The van der Waals surface area contributed by atoms with Gasteiger partial charge in [0.15, 0.2) is 0 Å². The Morgan fingerprint density at radius 2 is 2.27 bits per heavy atom. The van der Waals surface area contributed by atoms with Gasteiger partial charge in [-0.05, 0) is 30.4 Å². The van der Waals surface area contributed by atoms with Gasteiger partial charge >= 0.3 is 0 Å². The maximum Gasteiger partial charge on any atom is 0.264 e. The van der Waals surface area contributed by atoms with E-state index in [4.69, 9.17) is 11.6 Å². The van der Waals surface area contributed by atoms with Crippen LogP contribution in [-0.2, 0) is 0 Å². The van der Waals surface area contributed by atoms with Crippen molar-refractivity contribution in [3.8, 4) is 0 Å². The molecule has 0 aromatic carbocycles. The van der Waals surface area contributed by atoms with Crippen molar-refractivity contribution >= 4 is 28.8 Å². The maximum absolute atomic E-state index is 12.1. The molecule has 0 aliphatic carbocycles. The molecule has 0 aliphatic rings. The van der Waals surface area contributed by atoms with E-state index in [-0.39, 0.29) is 5.91 Å². The fourth-order valence-electron chi connectivity index (χ4n) is 1.42. The van der Waals surface area contributed by atoms with E-state index < -0.39 is 0 Å². The van der Waals surface area contributed by atoms with Crippen molar-refractivity contribution in [1.82, 2.24) is 4.90 Å². The lowest BCUT2D eigenvalue weighted by Gasteiger charge is -2.20. The first-order chi connectivity index (χ1) is 7.20. The van der Waals surface area contributed by atoms with Gasteiger partial charge in [-0.1, -0.05) is 6.92 Å². The molecule has 4 heteroatoms. The molecule has 0 saturated carbocycles. The van der Waals surface area contributed by atoms with Crippen LogP contribution in [0.5, 0.6) is 0 Å². The van der Waals surface area contributed by atoms with E-state index in [1.807, 2.05) is 23.3 Å². The summed E-state index contributed by atoms with van der Waals surface area (Å²) in [5.41, 5.74) is 1.06. The third-order valence-electron chi connectivity index (χ3n) is 2.19. The van der Waals surface area contributed by atoms with Gasteiger partial charge in [-0.15, -0.1) is 22.9 Å². The second-order valence-electron chi connectivity index (χ2n) is 3.41. The summed E-state index contributed by atoms with van der Waals surface area (Å²) >= 11 is 7.19. The number of carbonyl (C=O) groups is 1. The van der Waals surface area contributed by atoms with Crippen LogP contribution < -0.4 is 0 Å². The number of carbonyl (C=O) groups excluding carboxylic acids is 1. The van der Waals surface area contributed by atoms with E-state index in [0.717, 1.165) is 23.4 Å². The molecule has 0 atom stereocenters. The van der Waals surface area contributed by atoms with Crippen molar-refractivity contribution in [3.05, 3.63) is 21.9 Å². The van der Waals surface area contributed by atoms with Gasteiger partial charge < -0.3 is 4.90 Å². The standard InChI is InChI=1S/C11H16ClNOS/c1-3-6-13(7-5-12)11(14)10-9(2)4-8-15-10/h4,8H,3,5-7H2,1-2H3. The summed E-state index contributed by atoms with van der Waals surface area (Å²) in [5.74, 6) is 0.612. The van der Waals surface area contributed by atoms with Crippen LogP contribution in [-0.4, -0.2) is 29.8 Å². The van der Waals surface area contributed by atoms with Crippen LogP contribution in [0.3, 0.4) is 0 Å². The molecule has 1 aromatic rings. The Labute approximate surface area is 99.9 Å². The Kier molecular flexibility index (Phi) is 5.12. The fourth-order valence-corrected chi connectivity index (χ4v) is 2.52. The molecule has 0 unspecified atom stereocenters. The lowest BCUT2D eigenvalue weighted by atomic mass is 10.2. The van der Waals surface area contributed by atoms with Crippen LogP contribution in [0.1, 0.15) is 28.6 Å². The van der Waals surface area contributed by atoms with Gasteiger partial charge in [0.25, 0.3) is 5.91 Å². The summed E-state index contributed by atoms with van der Waals surface area (Å²) in [6.45, 7) is 5.44. The second kappa shape index (κ2) is 6.13.